The van der Waals surface area contributed by atoms with Gasteiger partial charge in [-0.15, -0.1) is 0 Å². The Morgan fingerprint density at radius 1 is 0.969 bits per heavy atom. The Balaban J connectivity index is 1.39. The third-order valence-corrected chi connectivity index (χ3v) is 7.51. The summed E-state index contributed by atoms with van der Waals surface area (Å²) in [5, 5.41) is 11.3. The number of aliphatic hydroxyl groups is 1. The second-order valence-electron chi connectivity index (χ2n) is 8.94. The van der Waals surface area contributed by atoms with Crippen molar-refractivity contribution in [3.05, 3.63) is 63.6 Å². The number of ether oxygens (including phenoxy) is 1. The molecular weight excluding hydrogens is 443 g/mol. The van der Waals surface area contributed by atoms with Crippen LogP contribution in [-0.2, 0) is 0 Å². The number of nitrogens with zero attached hydrogens (tertiary/aromatic N) is 2. The van der Waals surface area contributed by atoms with Gasteiger partial charge >= 0.3 is 0 Å². The smallest absolute Gasteiger partial charge is 0.119 e. The topological polar surface area (TPSA) is 35.9 Å². The minimum atomic E-state index is -0.105. The third-order valence-electron chi connectivity index (χ3n) is 6.77. The lowest BCUT2D eigenvalue weighted by Gasteiger charge is -2.33. The molecule has 2 fully saturated rings. The van der Waals surface area contributed by atoms with E-state index < -0.39 is 0 Å². The summed E-state index contributed by atoms with van der Waals surface area (Å²) in [5.74, 6) is 0.933. The number of hydrogen-bond acceptors (Lipinski definition) is 4. The molecule has 0 bridgehead atoms. The minimum Gasteiger partial charge on any atom is -0.494 e. The minimum absolute atomic E-state index is 0.0428. The summed E-state index contributed by atoms with van der Waals surface area (Å²) in [5.41, 5.74) is 2.24. The maximum Gasteiger partial charge on any atom is 0.119 e. The van der Waals surface area contributed by atoms with Crippen LogP contribution >= 0.6 is 23.2 Å². The van der Waals surface area contributed by atoms with Gasteiger partial charge in [-0.3, -0.25) is 4.90 Å². The van der Waals surface area contributed by atoms with Crippen molar-refractivity contribution in [2.75, 3.05) is 39.4 Å². The monoisotopic (exact) mass is 476 g/mol. The highest BCUT2D eigenvalue weighted by atomic mass is 35.5. The standard InChI is InChI=1S/C26H34Cl2N2O2/c27-23-11-10-21(18-24(23)28)26(19-31)30-15-5-9-25(30)20-7-4-8-22(17-20)32-16-6-14-29-12-2-1-3-13-29/h4,7-8,10-11,17-18,25-26,31H,1-3,5-6,9,12-16,19H2. The van der Waals surface area contributed by atoms with Crippen LogP contribution in [-0.4, -0.2) is 54.3 Å². The summed E-state index contributed by atoms with van der Waals surface area (Å²) < 4.78 is 6.11. The van der Waals surface area contributed by atoms with Crippen LogP contribution in [0.15, 0.2) is 42.5 Å². The van der Waals surface area contributed by atoms with Crippen LogP contribution < -0.4 is 4.74 Å². The Morgan fingerprint density at radius 3 is 2.59 bits per heavy atom. The molecule has 2 aliphatic heterocycles. The van der Waals surface area contributed by atoms with Gasteiger partial charge in [-0.05, 0) is 87.1 Å². The van der Waals surface area contributed by atoms with Gasteiger partial charge in [-0.2, -0.15) is 0 Å². The van der Waals surface area contributed by atoms with Crippen molar-refractivity contribution in [3.8, 4) is 5.75 Å². The van der Waals surface area contributed by atoms with Crippen molar-refractivity contribution in [2.24, 2.45) is 0 Å². The van der Waals surface area contributed by atoms with Gasteiger partial charge in [0.05, 0.1) is 29.3 Å². The molecule has 2 aromatic rings. The van der Waals surface area contributed by atoms with Gasteiger partial charge in [0.1, 0.15) is 5.75 Å². The summed E-state index contributed by atoms with van der Waals surface area (Å²) in [6.45, 7) is 5.32. The van der Waals surface area contributed by atoms with E-state index >= 15 is 0 Å². The molecule has 4 nitrogen and oxygen atoms in total. The van der Waals surface area contributed by atoms with Gasteiger partial charge in [-0.1, -0.05) is 47.8 Å². The van der Waals surface area contributed by atoms with E-state index in [4.69, 9.17) is 27.9 Å². The zero-order valence-corrected chi connectivity index (χ0v) is 20.2. The van der Waals surface area contributed by atoms with Crippen LogP contribution in [0.25, 0.3) is 0 Å². The van der Waals surface area contributed by atoms with Gasteiger partial charge in [0, 0.05) is 12.6 Å². The molecule has 0 radical (unpaired) electrons. The van der Waals surface area contributed by atoms with Crippen LogP contribution in [0, 0.1) is 0 Å². The zero-order chi connectivity index (χ0) is 22.3. The first kappa shape index (κ1) is 23.8. The predicted octanol–water partition coefficient (Wildman–Crippen LogP) is 6.12. The Morgan fingerprint density at radius 2 is 1.81 bits per heavy atom. The van der Waals surface area contributed by atoms with E-state index in [1.807, 2.05) is 24.3 Å². The van der Waals surface area contributed by atoms with E-state index in [0.29, 0.717) is 10.0 Å². The molecule has 2 aromatic carbocycles. The molecule has 4 rings (SSSR count). The summed E-state index contributed by atoms with van der Waals surface area (Å²) in [7, 11) is 0. The number of piperidine rings is 1. The predicted molar refractivity (Wildman–Crippen MR) is 132 cm³/mol. The molecule has 1 N–H and O–H groups in total. The fourth-order valence-electron chi connectivity index (χ4n) is 5.11. The SMILES string of the molecule is OCC(c1ccc(Cl)c(Cl)c1)N1CCCC1c1cccc(OCCCN2CCCCC2)c1. The Labute approximate surface area is 202 Å². The van der Waals surface area contributed by atoms with Crippen molar-refractivity contribution >= 4 is 23.2 Å². The molecule has 2 atom stereocenters. The van der Waals surface area contributed by atoms with Crippen LogP contribution in [0.1, 0.15) is 61.7 Å². The van der Waals surface area contributed by atoms with Gasteiger partial charge in [0.2, 0.25) is 0 Å². The second-order valence-corrected chi connectivity index (χ2v) is 9.76. The molecule has 32 heavy (non-hydrogen) atoms. The van der Waals surface area contributed by atoms with Crippen LogP contribution in [0.5, 0.6) is 5.75 Å². The lowest BCUT2D eigenvalue weighted by Crippen LogP contribution is -2.31. The molecule has 2 saturated heterocycles. The maximum atomic E-state index is 10.2. The Kier molecular flexibility index (Phi) is 8.73. The number of likely N-dealkylation sites (tertiary alicyclic amines) is 2. The first-order chi connectivity index (χ1) is 15.7. The number of halogens is 2. The lowest BCUT2D eigenvalue weighted by molar-refractivity contribution is 0.112. The molecule has 6 heteroatoms. The van der Waals surface area contributed by atoms with E-state index in [-0.39, 0.29) is 18.7 Å². The number of rotatable bonds is 9. The van der Waals surface area contributed by atoms with Crippen LogP contribution in [0.3, 0.4) is 0 Å². The summed E-state index contributed by atoms with van der Waals surface area (Å²) >= 11 is 12.4. The molecule has 174 valence electrons. The quantitative estimate of drug-likeness (QED) is 0.442. The average molecular weight is 477 g/mol. The number of benzene rings is 2. The third kappa shape index (κ3) is 5.98. The molecule has 0 amide bonds. The largest absolute Gasteiger partial charge is 0.494 e. The highest BCUT2D eigenvalue weighted by Crippen LogP contribution is 2.40. The molecule has 2 heterocycles. The number of aliphatic hydroxyl groups excluding tert-OH is 1. The fourth-order valence-corrected chi connectivity index (χ4v) is 5.42. The molecule has 2 unspecified atom stereocenters. The van der Waals surface area contributed by atoms with Crippen molar-refractivity contribution in [2.45, 2.75) is 50.6 Å². The molecular formula is C26H34Cl2N2O2. The van der Waals surface area contributed by atoms with Crippen molar-refractivity contribution in [3.63, 3.8) is 0 Å². The van der Waals surface area contributed by atoms with Crippen molar-refractivity contribution < 1.29 is 9.84 Å². The normalized spacial score (nSPS) is 21.0. The summed E-state index contributed by atoms with van der Waals surface area (Å²) in [6.07, 6.45) is 7.26. The maximum absolute atomic E-state index is 10.2. The van der Waals surface area contributed by atoms with Crippen molar-refractivity contribution in [1.82, 2.24) is 9.80 Å². The van der Waals surface area contributed by atoms with Gasteiger partial charge in [-0.25, -0.2) is 0 Å². The first-order valence-electron chi connectivity index (χ1n) is 11.9. The van der Waals surface area contributed by atoms with Gasteiger partial charge in [0.25, 0.3) is 0 Å². The van der Waals surface area contributed by atoms with Gasteiger partial charge < -0.3 is 14.7 Å². The van der Waals surface area contributed by atoms with E-state index in [2.05, 4.69) is 28.0 Å². The molecule has 0 aliphatic carbocycles. The molecule has 0 aromatic heterocycles. The second kappa shape index (κ2) is 11.7. The lowest BCUT2D eigenvalue weighted by atomic mass is 10.0. The first-order valence-corrected chi connectivity index (χ1v) is 12.7. The molecule has 2 aliphatic rings. The van der Waals surface area contributed by atoms with Crippen molar-refractivity contribution in [1.29, 1.82) is 0 Å². The van der Waals surface area contributed by atoms with E-state index in [1.54, 1.807) is 0 Å². The Bertz CT molecular complexity index is 873. The van der Waals surface area contributed by atoms with Gasteiger partial charge in [0.15, 0.2) is 0 Å². The van der Waals surface area contributed by atoms with E-state index in [1.165, 1.54) is 37.9 Å². The molecule has 0 spiro atoms. The van der Waals surface area contributed by atoms with Crippen LogP contribution in [0.2, 0.25) is 10.0 Å². The zero-order valence-electron chi connectivity index (χ0n) is 18.7. The summed E-state index contributed by atoms with van der Waals surface area (Å²) in [4.78, 5) is 4.94. The highest BCUT2D eigenvalue weighted by molar-refractivity contribution is 6.42. The van der Waals surface area contributed by atoms with E-state index in [0.717, 1.165) is 50.3 Å². The Hall–Kier alpha value is -1.30. The number of hydrogen-bond donors (Lipinski definition) is 1. The highest BCUT2D eigenvalue weighted by Gasteiger charge is 2.32. The average Bonchev–Trinajstić information content (AvgIpc) is 3.30. The summed E-state index contributed by atoms with van der Waals surface area (Å²) in [6, 6.07) is 14.3. The fraction of sp³-hybridized carbons (Fsp3) is 0.538. The van der Waals surface area contributed by atoms with Crippen LogP contribution in [0.4, 0.5) is 0 Å². The molecule has 0 saturated carbocycles. The van der Waals surface area contributed by atoms with E-state index in [9.17, 15) is 5.11 Å².